The first-order valence-corrected chi connectivity index (χ1v) is 11.6. The van der Waals surface area contributed by atoms with Gasteiger partial charge in [0.1, 0.15) is 7.28 Å². The van der Waals surface area contributed by atoms with E-state index in [9.17, 15) is 0 Å². The van der Waals surface area contributed by atoms with Gasteiger partial charge in [0.15, 0.2) is 0 Å². The van der Waals surface area contributed by atoms with Gasteiger partial charge in [-0.05, 0) is 66.7 Å². The summed E-state index contributed by atoms with van der Waals surface area (Å²) in [5.41, 5.74) is 7.89. The first kappa shape index (κ1) is 21.6. The van der Waals surface area contributed by atoms with Crippen LogP contribution in [0.25, 0.3) is 0 Å². The molecular formula is C31H26BN2. The minimum absolute atomic E-state index is 1.11. The lowest BCUT2D eigenvalue weighted by atomic mass is 9.73. The lowest BCUT2D eigenvalue weighted by molar-refractivity contribution is 1.25. The Labute approximate surface area is 203 Å². The van der Waals surface area contributed by atoms with E-state index in [0.29, 0.717) is 0 Å². The molecule has 2 nitrogen and oxygen atoms in total. The predicted molar refractivity (Wildman–Crippen MR) is 147 cm³/mol. The summed E-state index contributed by atoms with van der Waals surface area (Å²) in [6.45, 7) is 2.09. The number of anilines is 6. The molecule has 0 N–H and O–H groups in total. The predicted octanol–water partition coefficient (Wildman–Crippen LogP) is 8.00. The van der Waals surface area contributed by atoms with Gasteiger partial charge in [-0.3, -0.25) is 0 Å². The summed E-state index contributed by atoms with van der Waals surface area (Å²) < 4.78 is 0. The minimum Gasteiger partial charge on any atom is -0.310 e. The van der Waals surface area contributed by atoms with Gasteiger partial charge in [-0.1, -0.05) is 85.1 Å². The van der Waals surface area contributed by atoms with Gasteiger partial charge in [0.25, 0.3) is 0 Å². The molecule has 163 valence electrons. The van der Waals surface area contributed by atoms with Gasteiger partial charge >= 0.3 is 0 Å². The van der Waals surface area contributed by atoms with Gasteiger partial charge in [-0.15, -0.1) is 0 Å². The molecule has 0 atom stereocenters. The van der Waals surface area contributed by atoms with Crippen LogP contribution in [0.15, 0.2) is 140 Å². The number of hydrogen-bond acceptors (Lipinski definition) is 2. The van der Waals surface area contributed by atoms with Crippen molar-refractivity contribution >= 4 is 46.9 Å². The first-order chi connectivity index (χ1) is 16.8. The first-order valence-electron chi connectivity index (χ1n) is 11.6. The van der Waals surface area contributed by atoms with Crippen molar-refractivity contribution in [2.75, 3.05) is 9.80 Å². The van der Waals surface area contributed by atoms with E-state index < -0.39 is 0 Å². The monoisotopic (exact) mass is 437 g/mol. The van der Waals surface area contributed by atoms with Gasteiger partial charge in [0.2, 0.25) is 0 Å². The van der Waals surface area contributed by atoms with Crippen molar-refractivity contribution in [1.29, 1.82) is 0 Å². The molecule has 0 aliphatic rings. The maximum atomic E-state index is 2.31. The van der Waals surface area contributed by atoms with Crippen LogP contribution >= 0.6 is 0 Å². The van der Waals surface area contributed by atoms with Crippen molar-refractivity contribution in [3.05, 3.63) is 140 Å². The molecule has 34 heavy (non-hydrogen) atoms. The van der Waals surface area contributed by atoms with Gasteiger partial charge < -0.3 is 9.80 Å². The third-order valence-corrected chi connectivity index (χ3v) is 5.83. The van der Waals surface area contributed by atoms with E-state index in [-0.39, 0.29) is 0 Å². The number of hydrogen-bond donors (Lipinski definition) is 0. The van der Waals surface area contributed by atoms with E-state index in [1.54, 1.807) is 0 Å². The highest BCUT2D eigenvalue weighted by Gasteiger charge is 2.18. The topological polar surface area (TPSA) is 6.48 Å². The van der Waals surface area contributed by atoms with E-state index in [0.717, 1.165) is 34.1 Å². The van der Waals surface area contributed by atoms with E-state index >= 15 is 0 Å². The molecule has 0 saturated heterocycles. The fraction of sp³-hybridized carbons (Fsp3) is 0.0323. The molecule has 0 unspecified atom stereocenters. The summed E-state index contributed by atoms with van der Waals surface area (Å²) >= 11 is 0. The zero-order chi connectivity index (χ0) is 23.2. The van der Waals surface area contributed by atoms with Crippen LogP contribution in [0.3, 0.4) is 0 Å². The molecule has 0 bridgehead atoms. The highest BCUT2D eigenvalue weighted by Crippen LogP contribution is 2.39. The van der Waals surface area contributed by atoms with Gasteiger partial charge in [0.05, 0.1) is 0 Å². The Bertz CT molecular complexity index is 1140. The summed E-state index contributed by atoms with van der Waals surface area (Å²) in [5.74, 6) is 0. The van der Waals surface area contributed by atoms with Crippen LogP contribution in [0.2, 0.25) is 6.82 Å². The van der Waals surface area contributed by atoms with E-state index in [1.807, 2.05) is 0 Å². The fourth-order valence-corrected chi connectivity index (χ4v) is 4.25. The van der Waals surface area contributed by atoms with Crippen LogP contribution in [-0.2, 0) is 0 Å². The lowest BCUT2D eigenvalue weighted by Gasteiger charge is -2.30. The maximum absolute atomic E-state index is 2.31. The van der Waals surface area contributed by atoms with E-state index in [1.165, 1.54) is 5.46 Å². The summed E-state index contributed by atoms with van der Waals surface area (Å²) in [4.78, 5) is 4.62. The molecule has 0 fully saturated rings. The molecule has 0 spiro atoms. The Kier molecular flexibility index (Phi) is 6.44. The molecule has 0 aromatic heterocycles. The highest BCUT2D eigenvalue weighted by atomic mass is 15.2. The minimum atomic E-state index is 1.11. The summed E-state index contributed by atoms with van der Waals surface area (Å²) in [7, 11) is 2.16. The van der Waals surface area contributed by atoms with Crippen LogP contribution in [0.4, 0.5) is 34.1 Å². The molecule has 0 aliphatic heterocycles. The Balaban J connectivity index is 1.71. The molecule has 5 aromatic carbocycles. The number of benzene rings is 5. The third-order valence-electron chi connectivity index (χ3n) is 5.83. The molecule has 0 amide bonds. The maximum Gasteiger partial charge on any atom is 0.148 e. The molecule has 0 heterocycles. The number of para-hydroxylation sites is 4. The normalized spacial score (nSPS) is 10.5. The summed E-state index contributed by atoms with van der Waals surface area (Å²) in [6, 6.07) is 48.9. The standard InChI is InChI=1S/C31H26BN2/c1-32-25-22-30(33(26-14-6-2-7-15-26)27-16-8-3-9-17-27)24-31(23-25)34(28-18-10-4-11-19-28)29-20-12-5-13-21-29/h2-24H,1H3. The summed E-state index contributed by atoms with van der Waals surface area (Å²) in [5, 5.41) is 0. The van der Waals surface area contributed by atoms with Crippen molar-refractivity contribution in [2.45, 2.75) is 6.82 Å². The van der Waals surface area contributed by atoms with Crippen molar-refractivity contribution in [1.82, 2.24) is 0 Å². The Morgan fingerprint density at radius 1 is 0.382 bits per heavy atom. The SMILES string of the molecule is C[B]c1cc(N(c2ccccc2)c2ccccc2)cc(N(c2ccccc2)c2ccccc2)c1. The zero-order valence-corrected chi connectivity index (χ0v) is 19.3. The Morgan fingerprint density at radius 2 is 0.676 bits per heavy atom. The second-order valence-corrected chi connectivity index (χ2v) is 8.08. The van der Waals surface area contributed by atoms with Crippen LogP contribution in [0, 0.1) is 0 Å². The van der Waals surface area contributed by atoms with Crippen LogP contribution < -0.4 is 15.3 Å². The average Bonchev–Trinajstić information content (AvgIpc) is 2.91. The van der Waals surface area contributed by atoms with E-state index in [4.69, 9.17) is 0 Å². The largest absolute Gasteiger partial charge is 0.310 e. The smallest absolute Gasteiger partial charge is 0.148 e. The number of rotatable bonds is 7. The van der Waals surface area contributed by atoms with Crippen molar-refractivity contribution < 1.29 is 0 Å². The molecule has 1 radical (unpaired) electrons. The van der Waals surface area contributed by atoms with Crippen molar-refractivity contribution in [3.63, 3.8) is 0 Å². The second kappa shape index (κ2) is 10.1. The average molecular weight is 437 g/mol. The Morgan fingerprint density at radius 3 is 0.941 bits per heavy atom. The molecule has 0 aliphatic carbocycles. The molecule has 3 heteroatoms. The number of nitrogens with zero attached hydrogens (tertiary/aromatic N) is 2. The molecular weight excluding hydrogens is 411 g/mol. The summed E-state index contributed by atoms with van der Waals surface area (Å²) in [6.07, 6.45) is 0. The van der Waals surface area contributed by atoms with Crippen LogP contribution in [0.1, 0.15) is 0 Å². The van der Waals surface area contributed by atoms with Crippen LogP contribution in [-0.4, -0.2) is 7.28 Å². The molecule has 5 aromatic rings. The fourth-order valence-electron chi connectivity index (χ4n) is 4.25. The molecule has 5 rings (SSSR count). The van der Waals surface area contributed by atoms with Crippen LogP contribution in [0.5, 0.6) is 0 Å². The quantitative estimate of drug-likeness (QED) is 0.238. The third kappa shape index (κ3) is 4.60. The zero-order valence-electron chi connectivity index (χ0n) is 19.3. The second-order valence-electron chi connectivity index (χ2n) is 8.08. The molecule has 0 saturated carbocycles. The van der Waals surface area contributed by atoms with E-state index in [2.05, 4.69) is 163 Å². The lowest BCUT2D eigenvalue weighted by Crippen LogP contribution is -2.19. The van der Waals surface area contributed by atoms with Crippen molar-refractivity contribution in [3.8, 4) is 0 Å². The van der Waals surface area contributed by atoms with Gasteiger partial charge in [-0.2, -0.15) is 0 Å². The highest BCUT2D eigenvalue weighted by molar-refractivity contribution is 6.52. The Hall–Kier alpha value is -4.24. The van der Waals surface area contributed by atoms with Gasteiger partial charge in [0, 0.05) is 34.1 Å². The van der Waals surface area contributed by atoms with Crippen molar-refractivity contribution in [2.24, 2.45) is 0 Å². The van der Waals surface area contributed by atoms with Gasteiger partial charge in [-0.25, -0.2) is 0 Å².